The molecule has 32 heavy (non-hydrogen) atoms. The van der Waals surface area contributed by atoms with Crippen LogP contribution in [0.15, 0.2) is 36.4 Å². The molecule has 1 aliphatic heterocycles. The highest BCUT2D eigenvalue weighted by Crippen LogP contribution is 2.34. The number of carbonyl (C=O) groups excluding carboxylic acids is 1. The van der Waals surface area contributed by atoms with Crippen molar-refractivity contribution in [1.29, 1.82) is 0 Å². The van der Waals surface area contributed by atoms with Gasteiger partial charge in [-0.1, -0.05) is 6.07 Å². The van der Waals surface area contributed by atoms with E-state index in [0.29, 0.717) is 41.9 Å². The fourth-order valence-electron chi connectivity index (χ4n) is 3.52. The average molecular weight is 465 g/mol. The molecule has 0 unspecified atom stereocenters. The number of amides is 1. The van der Waals surface area contributed by atoms with Gasteiger partial charge < -0.3 is 24.3 Å². The molecule has 0 fully saturated rings. The number of rotatable bonds is 8. The van der Waals surface area contributed by atoms with E-state index in [1.165, 1.54) is 27.2 Å². The zero-order valence-corrected chi connectivity index (χ0v) is 19.6. The number of ether oxygens (including phenoxy) is 4. The highest BCUT2D eigenvalue weighted by atomic mass is 32.2. The second-order valence-electron chi connectivity index (χ2n) is 7.41. The zero-order valence-electron chi connectivity index (χ0n) is 18.7. The molecule has 10 heteroatoms. The predicted molar refractivity (Wildman–Crippen MR) is 120 cm³/mol. The molecule has 0 saturated heterocycles. The van der Waals surface area contributed by atoms with Crippen molar-refractivity contribution >= 4 is 21.6 Å². The Bertz CT molecular complexity index is 1090. The zero-order chi connectivity index (χ0) is 23.5. The summed E-state index contributed by atoms with van der Waals surface area (Å²) >= 11 is 0. The number of carbonyl (C=O) groups is 1. The predicted octanol–water partition coefficient (Wildman–Crippen LogP) is 2.51. The maximum atomic E-state index is 13.0. The molecule has 1 aliphatic rings. The largest absolute Gasteiger partial charge is 0.493 e. The SMILES string of the molecule is COc1ccc(N([C@H](C)C(=O)N[C@H](C)c2ccc3c(c2)OCCO3)S(C)(=O)=O)cc1OC. The summed E-state index contributed by atoms with van der Waals surface area (Å²) in [4.78, 5) is 13.0. The van der Waals surface area contributed by atoms with Crippen molar-refractivity contribution in [1.82, 2.24) is 5.32 Å². The molecule has 0 bridgehead atoms. The highest BCUT2D eigenvalue weighted by Gasteiger charge is 2.31. The van der Waals surface area contributed by atoms with Crippen LogP contribution in [0.1, 0.15) is 25.5 Å². The van der Waals surface area contributed by atoms with Gasteiger partial charge >= 0.3 is 0 Å². The van der Waals surface area contributed by atoms with E-state index in [2.05, 4.69) is 5.32 Å². The monoisotopic (exact) mass is 464 g/mol. The van der Waals surface area contributed by atoms with Crippen molar-refractivity contribution in [2.75, 3.05) is 38.0 Å². The summed E-state index contributed by atoms with van der Waals surface area (Å²) in [5.41, 5.74) is 1.10. The van der Waals surface area contributed by atoms with Gasteiger partial charge in [0.05, 0.1) is 32.2 Å². The third-order valence-electron chi connectivity index (χ3n) is 5.14. The van der Waals surface area contributed by atoms with Crippen LogP contribution in [0.25, 0.3) is 0 Å². The number of methoxy groups -OCH3 is 2. The summed E-state index contributed by atoms with van der Waals surface area (Å²) in [6.07, 6.45) is 1.05. The van der Waals surface area contributed by atoms with Crippen LogP contribution in [0.3, 0.4) is 0 Å². The number of nitrogens with one attached hydrogen (secondary N) is 1. The maximum Gasteiger partial charge on any atom is 0.244 e. The molecular formula is C22H28N2O7S. The second-order valence-corrected chi connectivity index (χ2v) is 9.27. The molecule has 0 aliphatic carbocycles. The van der Waals surface area contributed by atoms with Gasteiger partial charge in [0, 0.05) is 6.07 Å². The van der Waals surface area contributed by atoms with Crippen molar-refractivity contribution in [3.63, 3.8) is 0 Å². The van der Waals surface area contributed by atoms with Crippen LogP contribution in [0.4, 0.5) is 5.69 Å². The number of benzene rings is 2. The van der Waals surface area contributed by atoms with Crippen LogP contribution < -0.4 is 28.6 Å². The van der Waals surface area contributed by atoms with Gasteiger partial charge in [0.15, 0.2) is 23.0 Å². The van der Waals surface area contributed by atoms with Gasteiger partial charge in [-0.05, 0) is 43.7 Å². The van der Waals surface area contributed by atoms with Gasteiger partial charge in [-0.3, -0.25) is 9.10 Å². The maximum absolute atomic E-state index is 13.0. The molecule has 0 saturated carbocycles. The number of nitrogens with zero attached hydrogens (tertiary/aromatic N) is 1. The van der Waals surface area contributed by atoms with Gasteiger partial charge in [-0.25, -0.2) is 8.42 Å². The first-order valence-electron chi connectivity index (χ1n) is 10.1. The lowest BCUT2D eigenvalue weighted by Gasteiger charge is -2.30. The Morgan fingerprint density at radius 3 is 2.28 bits per heavy atom. The first kappa shape index (κ1) is 23.5. The van der Waals surface area contributed by atoms with E-state index < -0.39 is 22.0 Å². The fourth-order valence-corrected chi connectivity index (χ4v) is 4.68. The second kappa shape index (κ2) is 9.56. The molecule has 3 rings (SSSR count). The fraction of sp³-hybridized carbons (Fsp3) is 0.409. The molecule has 9 nitrogen and oxygen atoms in total. The van der Waals surface area contributed by atoms with E-state index in [4.69, 9.17) is 18.9 Å². The van der Waals surface area contributed by atoms with Crippen LogP contribution in [0, 0.1) is 0 Å². The number of hydrogen-bond donors (Lipinski definition) is 1. The number of sulfonamides is 1. The minimum atomic E-state index is -3.78. The van der Waals surface area contributed by atoms with Crippen LogP contribution in [-0.4, -0.2) is 54.1 Å². The average Bonchev–Trinajstić information content (AvgIpc) is 2.77. The van der Waals surface area contributed by atoms with E-state index in [0.717, 1.165) is 16.1 Å². The van der Waals surface area contributed by atoms with Gasteiger partial charge in [-0.2, -0.15) is 0 Å². The Balaban J connectivity index is 1.82. The van der Waals surface area contributed by atoms with Crippen LogP contribution in [-0.2, 0) is 14.8 Å². The molecule has 1 heterocycles. The first-order valence-corrected chi connectivity index (χ1v) is 11.9. The summed E-state index contributed by atoms with van der Waals surface area (Å²) in [6, 6.07) is 8.73. The van der Waals surface area contributed by atoms with Crippen molar-refractivity contribution in [3.8, 4) is 23.0 Å². The lowest BCUT2D eigenvalue weighted by Crippen LogP contribution is -2.48. The van der Waals surface area contributed by atoms with Crippen molar-refractivity contribution < 1.29 is 32.2 Å². The summed E-state index contributed by atoms with van der Waals surface area (Å²) in [7, 11) is -0.836. The van der Waals surface area contributed by atoms with Crippen molar-refractivity contribution in [3.05, 3.63) is 42.0 Å². The third-order valence-corrected chi connectivity index (χ3v) is 6.38. The molecule has 0 aromatic heterocycles. The van der Waals surface area contributed by atoms with Gasteiger partial charge in [0.2, 0.25) is 15.9 Å². The minimum absolute atomic E-state index is 0.291. The Morgan fingerprint density at radius 1 is 1.00 bits per heavy atom. The summed E-state index contributed by atoms with van der Waals surface area (Å²) in [5, 5.41) is 2.88. The van der Waals surface area contributed by atoms with E-state index in [-0.39, 0.29) is 6.04 Å². The van der Waals surface area contributed by atoms with Gasteiger partial charge in [0.1, 0.15) is 19.3 Å². The van der Waals surface area contributed by atoms with E-state index in [1.54, 1.807) is 18.2 Å². The Morgan fingerprint density at radius 2 is 1.66 bits per heavy atom. The van der Waals surface area contributed by atoms with Crippen LogP contribution >= 0.6 is 0 Å². The Labute approximate surface area is 188 Å². The number of fused-ring (bicyclic) bond motifs is 1. The standard InChI is InChI=1S/C22H28N2O7S/c1-14(16-6-8-19-21(12-16)31-11-10-30-19)23-22(25)15(2)24(32(5,26)27)17-7-9-18(28-3)20(13-17)29-4/h6-9,12-15H,10-11H2,1-5H3,(H,23,25)/t14-,15-/m1/s1. The molecule has 0 radical (unpaired) electrons. The normalized spacial score (nSPS) is 14.8. The van der Waals surface area contributed by atoms with Gasteiger partial charge in [0.25, 0.3) is 0 Å². The molecule has 2 atom stereocenters. The molecule has 0 spiro atoms. The van der Waals surface area contributed by atoms with Crippen molar-refractivity contribution in [2.24, 2.45) is 0 Å². The smallest absolute Gasteiger partial charge is 0.244 e. The Kier molecular flexibility index (Phi) is 7.02. The molecule has 174 valence electrons. The van der Waals surface area contributed by atoms with Crippen molar-refractivity contribution in [2.45, 2.75) is 25.9 Å². The molecule has 1 N–H and O–H groups in total. The van der Waals surface area contributed by atoms with Gasteiger partial charge in [-0.15, -0.1) is 0 Å². The van der Waals surface area contributed by atoms with E-state index in [1.807, 2.05) is 19.1 Å². The summed E-state index contributed by atoms with van der Waals surface area (Å²) in [5.74, 6) is 1.63. The lowest BCUT2D eigenvalue weighted by molar-refractivity contribution is -0.122. The molecular weight excluding hydrogens is 436 g/mol. The molecule has 2 aromatic carbocycles. The highest BCUT2D eigenvalue weighted by molar-refractivity contribution is 7.92. The Hall–Kier alpha value is -3.14. The summed E-state index contributed by atoms with van der Waals surface area (Å²) in [6.45, 7) is 4.30. The first-order chi connectivity index (χ1) is 15.2. The number of hydrogen-bond acceptors (Lipinski definition) is 7. The lowest BCUT2D eigenvalue weighted by atomic mass is 10.1. The molecule has 1 amide bonds. The summed E-state index contributed by atoms with van der Waals surface area (Å²) < 4.78 is 47.9. The number of anilines is 1. The quantitative estimate of drug-likeness (QED) is 0.640. The van der Waals surface area contributed by atoms with E-state index in [9.17, 15) is 13.2 Å². The third kappa shape index (κ3) is 5.01. The van der Waals surface area contributed by atoms with E-state index >= 15 is 0 Å². The van der Waals surface area contributed by atoms with Crippen LogP contribution in [0.5, 0.6) is 23.0 Å². The topological polar surface area (TPSA) is 103 Å². The molecule has 2 aromatic rings. The van der Waals surface area contributed by atoms with Crippen LogP contribution in [0.2, 0.25) is 0 Å². The minimum Gasteiger partial charge on any atom is -0.493 e.